The molecule has 1 amide bonds. The van der Waals surface area contributed by atoms with E-state index in [9.17, 15) is 9.59 Å². The second kappa shape index (κ2) is 12.0. The number of amides is 1. The van der Waals surface area contributed by atoms with Gasteiger partial charge in [0.25, 0.3) is 11.5 Å². The van der Waals surface area contributed by atoms with Gasteiger partial charge < -0.3 is 20.1 Å². The largest absolute Gasteiger partial charge is 0.369 e. The van der Waals surface area contributed by atoms with E-state index in [1.54, 1.807) is 0 Å². The maximum atomic E-state index is 13.6. The molecule has 0 spiro atoms. The molecule has 0 atom stereocenters. The van der Waals surface area contributed by atoms with Crippen LogP contribution in [-0.4, -0.2) is 48.5 Å². The maximum absolute atomic E-state index is 13.6. The van der Waals surface area contributed by atoms with Crippen molar-refractivity contribution in [1.29, 1.82) is 0 Å². The predicted octanol–water partition coefficient (Wildman–Crippen LogP) is 5.60. The Bertz CT molecular complexity index is 1320. The number of aryl methyl sites for hydroxylation is 2. The van der Waals surface area contributed by atoms with Gasteiger partial charge in [0.15, 0.2) is 0 Å². The number of carbonyl (C=O) groups is 1. The molecule has 0 unspecified atom stereocenters. The van der Waals surface area contributed by atoms with E-state index < -0.39 is 0 Å². The summed E-state index contributed by atoms with van der Waals surface area (Å²) in [6.07, 6.45) is 4.65. The van der Waals surface area contributed by atoms with Gasteiger partial charge in [-0.25, -0.2) is 0 Å². The Morgan fingerprint density at radius 1 is 0.947 bits per heavy atom. The summed E-state index contributed by atoms with van der Waals surface area (Å²) in [5, 5.41) is 3.03. The third-order valence-corrected chi connectivity index (χ3v) is 8.14. The summed E-state index contributed by atoms with van der Waals surface area (Å²) in [6.45, 7) is 9.11. The first kappa shape index (κ1) is 27.6. The molecule has 1 fully saturated rings. The van der Waals surface area contributed by atoms with Gasteiger partial charge >= 0.3 is 0 Å². The molecule has 4 rings (SSSR count). The van der Waals surface area contributed by atoms with Crippen LogP contribution in [-0.2, 0) is 6.54 Å². The van der Waals surface area contributed by atoms with Crippen molar-refractivity contribution in [2.45, 2.75) is 72.0 Å². The van der Waals surface area contributed by atoms with Crippen molar-refractivity contribution in [3.63, 3.8) is 0 Å². The van der Waals surface area contributed by atoms with Crippen molar-refractivity contribution in [3.8, 4) is 11.1 Å². The molecule has 6 heteroatoms. The van der Waals surface area contributed by atoms with Crippen LogP contribution in [0.25, 0.3) is 11.1 Å². The minimum atomic E-state index is -0.159. The van der Waals surface area contributed by atoms with E-state index >= 15 is 0 Å². The molecule has 2 aromatic carbocycles. The minimum Gasteiger partial charge on any atom is -0.369 e. The van der Waals surface area contributed by atoms with Crippen LogP contribution >= 0.6 is 0 Å². The third-order valence-electron chi connectivity index (χ3n) is 8.14. The topological polar surface area (TPSA) is 68.4 Å². The third kappa shape index (κ3) is 6.02. The van der Waals surface area contributed by atoms with Gasteiger partial charge in [-0.15, -0.1) is 0 Å². The zero-order valence-electron chi connectivity index (χ0n) is 23.7. The van der Waals surface area contributed by atoms with E-state index in [1.807, 2.05) is 44.2 Å². The summed E-state index contributed by atoms with van der Waals surface area (Å²) < 4.78 is 0. The smallest absolute Gasteiger partial charge is 0.253 e. The summed E-state index contributed by atoms with van der Waals surface area (Å²) in [6, 6.07) is 17.5. The molecule has 1 aromatic heterocycles. The summed E-state index contributed by atoms with van der Waals surface area (Å²) in [7, 11) is 4.35. The lowest BCUT2D eigenvalue weighted by Gasteiger charge is -2.40. The van der Waals surface area contributed by atoms with Crippen LogP contribution in [0.4, 0.5) is 5.69 Å². The van der Waals surface area contributed by atoms with E-state index in [2.05, 4.69) is 66.2 Å². The number of nitrogens with one attached hydrogen (secondary N) is 2. The summed E-state index contributed by atoms with van der Waals surface area (Å²) >= 11 is 0. The van der Waals surface area contributed by atoms with Crippen molar-refractivity contribution >= 4 is 11.6 Å². The standard InChI is InChI=1S/C32H42N4O2/c1-7-36(27-15-13-26(14-16-27)35(5)6)30-19-25(24-11-9-8-10-12-24)18-28(23(30)4)31(37)33-20-29-21(2)17-22(3)34-32(29)38/h8-12,17-19,26-27H,7,13-16,20H2,1-6H3,(H,33,37)(H,34,38). The van der Waals surface area contributed by atoms with Gasteiger partial charge in [0.05, 0.1) is 0 Å². The second-order valence-corrected chi connectivity index (χ2v) is 10.9. The summed E-state index contributed by atoms with van der Waals surface area (Å²) in [4.78, 5) is 33.8. The first-order valence-corrected chi connectivity index (χ1v) is 13.8. The molecular weight excluding hydrogens is 472 g/mol. The number of pyridine rings is 1. The van der Waals surface area contributed by atoms with Gasteiger partial charge in [-0.2, -0.15) is 0 Å². The zero-order chi connectivity index (χ0) is 27.4. The second-order valence-electron chi connectivity index (χ2n) is 10.9. The number of carbonyl (C=O) groups excluding carboxylic acids is 1. The first-order chi connectivity index (χ1) is 18.2. The van der Waals surface area contributed by atoms with Crippen LogP contribution in [0.1, 0.15) is 65.3 Å². The van der Waals surface area contributed by atoms with E-state index in [4.69, 9.17) is 0 Å². The molecule has 1 heterocycles. The number of hydrogen-bond acceptors (Lipinski definition) is 4. The van der Waals surface area contributed by atoms with Crippen molar-refractivity contribution in [1.82, 2.24) is 15.2 Å². The Morgan fingerprint density at radius 2 is 1.61 bits per heavy atom. The van der Waals surface area contributed by atoms with Crippen LogP contribution in [0.15, 0.2) is 53.3 Å². The molecule has 1 aliphatic rings. The quantitative estimate of drug-likeness (QED) is 0.411. The highest BCUT2D eigenvalue weighted by atomic mass is 16.1. The SMILES string of the molecule is CCN(c1cc(-c2ccccc2)cc(C(=O)NCc2c(C)cc(C)[nH]c2=O)c1C)C1CCC(N(C)C)CC1. The van der Waals surface area contributed by atoms with Gasteiger partial charge in [-0.05, 0) is 108 Å². The number of hydrogen-bond donors (Lipinski definition) is 2. The Balaban J connectivity index is 1.68. The lowest BCUT2D eigenvalue weighted by Crippen LogP contribution is -2.42. The normalized spacial score (nSPS) is 17.4. The number of anilines is 1. The van der Waals surface area contributed by atoms with E-state index in [-0.39, 0.29) is 18.0 Å². The van der Waals surface area contributed by atoms with Gasteiger partial charge in [-0.3, -0.25) is 9.59 Å². The fourth-order valence-corrected chi connectivity index (χ4v) is 5.91. The molecule has 202 valence electrons. The number of aromatic amines is 1. The molecule has 2 N–H and O–H groups in total. The molecule has 0 radical (unpaired) electrons. The van der Waals surface area contributed by atoms with Crippen LogP contribution in [0.2, 0.25) is 0 Å². The minimum absolute atomic E-state index is 0.149. The Labute approximate surface area is 227 Å². The molecule has 0 saturated heterocycles. The van der Waals surface area contributed by atoms with Crippen molar-refractivity contribution in [3.05, 3.63) is 86.8 Å². The monoisotopic (exact) mass is 514 g/mol. The van der Waals surface area contributed by atoms with Gasteiger partial charge in [0, 0.05) is 47.7 Å². The zero-order valence-corrected chi connectivity index (χ0v) is 23.7. The van der Waals surface area contributed by atoms with Crippen LogP contribution in [0.3, 0.4) is 0 Å². The molecule has 6 nitrogen and oxygen atoms in total. The van der Waals surface area contributed by atoms with Crippen LogP contribution in [0, 0.1) is 20.8 Å². The summed E-state index contributed by atoms with van der Waals surface area (Å²) in [5.41, 5.74) is 7.01. The van der Waals surface area contributed by atoms with Crippen molar-refractivity contribution in [2.24, 2.45) is 0 Å². The number of nitrogens with zero attached hydrogens (tertiary/aromatic N) is 2. The lowest BCUT2D eigenvalue weighted by atomic mass is 9.88. The van der Waals surface area contributed by atoms with Gasteiger partial charge in [-0.1, -0.05) is 30.3 Å². The van der Waals surface area contributed by atoms with E-state index in [0.29, 0.717) is 23.2 Å². The Hall–Kier alpha value is -3.38. The molecule has 0 aliphatic heterocycles. The van der Waals surface area contributed by atoms with Crippen molar-refractivity contribution in [2.75, 3.05) is 25.5 Å². The molecule has 3 aromatic rings. The highest BCUT2D eigenvalue weighted by molar-refractivity contribution is 5.99. The highest BCUT2D eigenvalue weighted by Crippen LogP contribution is 2.35. The average molecular weight is 515 g/mol. The molecule has 0 bridgehead atoms. The fourth-order valence-electron chi connectivity index (χ4n) is 5.91. The first-order valence-electron chi connectivity index (χ1n) is 13.8. The van der Waals surface area contributed by atoms with Crippen LogP contribution in [0.5, 0.6) is 0 Å². The van der Waals surface area contributed by atoms with Crippen LogP contribution < -0.4 is 15.8 Å². The summed E-state index contributed by atoms with van der Waals surface area (Å²) in [5.74, 6) is -0.159. The lowest BCUT2D eigenvalue weighted by molar-refractivity contribution is 0.0950. The highest BCUT2D eigenvalue weighted by Gasteiger charge is 2.28. The van der Waals surface area contributed by atoms with E-state index in [1.165, 1.54) is 12.8 Å². The Kier molecular flexibility index (Phi) is 8.72. The molecule has 1 saturated carbocycles. The maximum Gasteiger partial charge on any atom is 0.253 e. The predicted molar refractivity (Wildman–Crippen MR) is 157 cm³/mol. The number of H-pyrrole nitrogens is 1. The van der Waals surface area contributed by atoms with Crippen molar-refractivity contribution < 1.29 is 4.79 Å². The molecular formula is C32H42N4O2. The van der Waals surface area contributed by atoms with Gasteiger partial charge in [0.2, 0.25) is 0 Å². The average Bonchev–Trinajstić information content (AvgIpc) is 2.90. The number of aromatic nitrogens is 1. The fraction of sp³-hybridized carbons (Fsp3) is 0.438. The van der Waals surface area contributed by atoms with Gasteiger partial charge in [0.1, 0.15) is 0 Å². The molecule has 1 aliphatic carbocycles. The molecule has 38 heavy (non-hydrogen) atoms. The Morgan fingerprint density at radius 3 is 2.21 bits per heavy atom. The number of rotatable bonds is 8. The van der Waals surface area contributed by atoms with E-state index in [0.717, 1.165) is 53.0 Å². The number of benzene rings is 2.